The summed E-state index contributed by atoms with van der Waals surface area (Å²) in [4.78, 5) is 24.8. The Morgan fingerprint density at radius 2 is 1.80 bits per heavy atom. The highest BCUT2D eigenvalue weighted by Gasteiger charge is 2.31. The van der Waals surface area contributed by atoms with Crippen molar-refractivity contribution in [1.82, 2.24) is 14.9 Å². The molecule has 0 atom stereocenters. The third-order valence-corrected chi connectivity index (χ3v) is 5.08. The Hall–Kier alpha value is -3.36. The van der Waals surface area contributed by atoms with Crippen molar-refractivity contribution in [2.45, 2.75) is 6.18 Å². The van der Waals surface area contributed by atoms with Crippen LogP contribution < -0.4 is 9.64 Å². The number of alkyl halides is 3. The molecule has 6 nitrogen and oxygen atoms in total. The number of fused-ring (bicyclic) bond motifs is 1. The standard InChI is InChI=1S/C21H19F3N4O2/c1-30-16-4-6-17-14(12-16)2-5-18(26-17)20(29)28-10-8-27(9-11-28)19-7-3-15(13-25-19)21(22,23)24/h2-7,12-13H,8-11H2,1H3. The molecule has 2 aromatic heterocycles. The van der Waals surface area contributed by atoms with Crippen LogP contribution >= 0.6 is 0 Å². The third kappa shape index (κ3) is 4.00. The first-order chi connectivity index (χ1) is 14.3. The van der Waals surface area contributed by atoms with Crippen LogP contribution in [0.25, 0.3) is 10.9 Å². The fourth-order valence-corrected chi connectivity index (χ4v) is 3.39. The quantitative estimate of drug-likeness (QED) is 0.653. The summed E-state index contributed by atoms with van der Waals surface area (Å²) >= 11 is 0. The molecular weight excluding hydrogens is 397 g/mol. The summed E-state index contributed by atoms with van der Waals surface area (Å²) in [7, 11) is 1.59. The molecule has 1 aromatic carbocycles. The zero-order chi connectivity index (χ0) is 21.3. The molecule has 156 valence electrons. The van der Waals surface area contributed by atoms with Gasteiger partial charge in [-0.2, -0.15) is 13.2 Å². The van der Waals surface area contributed by atoms with Crippen LogP contribution in [-0.4, -0.2) is 54.1 Å². The van der Waals surface area contributed by atoms with Crippen molar-refractivity contribution in [3.05, 3.63) is 59.9 Å². The van der Waals surface area contributed by atoms with Gasteiger partial charge in [-0.1, -0.05) is 6.07 Å². The highest BCUT2D eigenvalue weighted by molar-refractivity contribution is 5.95. The Labute approximate surface area is 170 Å². The molecule has 0 saturated carbocycles. The summed E-state index contributed by atoms with van der Waals surface area (Å²) in [5, 5.41) is 0.879. The normalized spacial score (nSPS) is 14.8. The number of carbonyl (C=O) groups excluding carboxylic acids is 1. The van der Waals surface area contributed by atoms with Gasteiger partial charge in [0.05, 0.1) is 18.2 Å². The first kappa shape index (κ1) is 19.9. The number of hydrogen-bond donors (Lipinski definition) is 0. The van der Waals surface area contributed by atoms with Gasteiger partial charge in [0.1, 0.15) is 17.3 Å². The Morgan fingerprint density at radius 1 is 1.03 bits per heavy atom. The van der Waals surface area contributed by atoms with Crippen LogP contribution in [0, 0.1) is 0 Å². The fraction of sp³-hybridized carbons (Fsp3) is 0.286. The van der Waals surface area contributed by atoms with Crippen molar-refractivity contribution in [2.75, 3.05) is 38.2 Å². The lowest BCUT2D eigenvalue weighted by Crippen LogP contribution is -2.49. The number of piperazine rings is 1. The molecule has 1 aliphatic rings. The zero-order valence-electron chi connectivity index (χ0n) is 16.2. The fourth-order valence-electron chi connectivity index (χ4n) is 3.39. The third-order valence-electron chi connectivity index (χ3n) is 5.08. The lowest BCUT2D eigenvalue weighted by atomic mass is 10.1. The SMILES string of the molecule is COc1ccc2nc(C(=O)N3CCN(c4ccc(C(F)(F)F)cn4)CC3)ccc2c1. The van der Waals surface area contributed by atoms with E-state index in [-0.39, 0.29) is 5.91 Å². The summed E-state index contributed by atoms with van der Waals surface area (Å²) < 4.78 is 43.3. The molecule has 0 bridgehead atoms. The smallest absolute Gasteiger partial charge is 0.417 e. The second-order valence-electron chi connectivity index (χ2n) is 6.94. The molecule has 0 radical (unpaired) electrons. The molecule has 3 heterocycles. The number of pyridine rings is 2. The van der Waals surface area contributed by atoms with E-state index < -0.39 is 11.7 Å². The molecule has 0 spiro atoms. The summed E-state index contributed by atoms with van der Waals surface area (Å²) in [5.74, 6) is 1.01. The minimum atomic E-state index is -4.41. The summed E-state index contributed by atoms with van der Waals surface area (Å²) in [5.41, 5.74) is 0.281. The van der Waals surface area contributed by atoms with E-state index in [1.807, 2.05) is 17.0 Å². The Bertz CT molecular complexity index is 1060. The molecule has 4 rings (SSSR count). The van der Waals surface area contributed by atoms with Crippen molar-refractivity contribution >= 4 is 22.6 Å². The molecule has 1 amide bonds. The minimum absolute atomic E-state index is 0.173. The number of amides is 1. The zero-order valence-corrected chi connectivity index (χ0v) is 16.2. The maximum absolute atomic E-state index is 12.8. The second-order valence-corrected chi connectivity index (χ2v) is 6.94. The van der Waals surface area contributed by atoms with Gasteiger partial charge in [-0.05, 0) is 36.4 Å². The summed E-state index contributed by atoms with van der Waals surface area (Å²) in [6.07, 6.45) is -3.57. The number of methoxy groups -OCH3 is 1. The van der Waals surface area contributed by atoms with Crippen LogP contribution in [0.15, 0.2) is 48.7 Å². The van der Waals surface area contributed by atoms with E-state index in [1.165, 1.54) is 6.07 Å². The molecule has 0 aliphatic carbocycles. The first-order valence-corrected chi connectivity index (χ1v) is 9.37. The van der Waals surface area contributed by atoms with Crippen LogP contribution in [0.3, 0.4) is 0 Å². The van der Waals surface area contributed by atoms with Crippen LogP contribution in [-0.2, 0) is 6.18 Å². The van der Waals surface area contributed by atoms with Gasteiger partial charge in [0.15, 0.2) is 0 Å². The second kappa shape index (κ2) is 7.81. The van der Waals surface area contributed by atoms with E-state index in [2.05, 4.69) is 9.97 Å². The molecule has 1 fully saturated rings. The van der Waals surface area contributed by atoms with Gasteiger partial charge in [-0.25, -0.2) is 9.97 Å². The number of nitrogens with zero attached hydrogens (tertiary/aromatic N) is 4. The highest BCUT2D eigenvalue weighted by Crippen LogP contribution is 2.29. The topological polar surface area (TPSA) is 58.6 Å². The lowest BCUT2D eigenvalue weighted by Gasteiger charge is -2.35. The van der Waals surface area contributed by atoms with E-state index in [9.17, 15) is 18.0 Å². The van der Waals surface area contributed by atoms with Crippen LogP contribution in [0.5, 0.6) is 5.75 Å². The number of carbonyl (C=O) groups is 1. The summed E-state index contributed by atoms with van der Waals surface area (Å²) in [6.45, 7) is 1.83. The van der Waals surface area contributed by atoms with Gasteiger partial charge in [0.25, 0.3) is 5.91 Å². The van der Waals surface area contributed by atoms with Gasteiger partial charge in [-0.15, -0.1) is 0 Å². The number of rotatable bonds is 3. The van der Waals surface area contributed by atoms with Gasteiger partial charge in [0, 0.05) is 37.8 Å². The van der Waals surface area contributed by atoms with Gasteiger partial charge < -0.3 is 14.5 Å². The Kier molecular flexibility index (Phi) is 5.19. The largest absolute Gasteiger partial charge is 0.497 e. The first-order valence-electron chi connectivity index (χ1n) is 9.37. The number of halogens is 3. The maximum Gasteiger partial charge on any atom is 0.417 e. The minimum Gasteiger partial charge on any atom is -0.497 e. The average Bonchev–Trinajstić information content (AvgIpc) is 2.77. The molecular formula is C21H19F3N4O2. The molecule has 1 aliphatic heterocycles. The maximum atomic E-state index is 12.8. The van der Waals surface area contributed by atoms with Gasteiger partial charge >= 0.3 is 6.18 Å². The van der Waals surface area contributed by atoms with E-state index in [1.54, 1.807) is 30.2 Å². The van der Waals surface area contributed by atoms with Crippen molar-refractivity contribution in [2.24, 2.45) is 0 Å². The average molecular weight is 416 g/mol. The molecule has 0 unspecified atom stereocenters. The monoisotopic (exact) mass is 416 g/mol. The van der Waals surface area contributed by atoms with E-state index in [0.717, 1.165) is 23.4 Å². The van der Waals surface area contributed by atoms with E-state index in [0.29, 0.717) is 43.2 Å². The summed E-state index contributed by atoms with van der Waals surface area (Å²) in [6, 6.07) is 11.4. The van der Waals surface area contributed by atoms with Gasteiger partial charge in [0.2, 0.25) is 0 Å². The molecule has 0 N–H and O–H groups in total. The van der Waals surface area contributed by atoms with Crippen LogP contribution in [0.2, 0.25) is 0 Å². The molecule has 1 saturated heterocycles. The van der Waals surface area contributed by atoms with E-state index in [4.69, 9.17) is 4.74 Å². The predicted molar refractivity (Wildman–Crippen MR) is 106 cm³/mol. The van der Waals surface area contributed by atoms with Crippen molar-refractivity contribution in [3.8, 4) is 5.75 Å². The lowest BCUT2D eigenvalue weighted by molar-refractivity contribution is -0.137. The van der Waals surface area contributed by atoms with Crippen molar-refractivity contribution < 1.29 is 22.7 Å². The molecule has 9 heteroatoms. The predicted octanol–water partition coefficient (Wildman–Crippen LogP) is 3.62. The number of anilines is 1. The number of aromatic nitrogens is 2. The van der Waals surface area contributed by atoms with Crippen LogP contribution in [0.4, 0.5) is 19.0 Å². The van der Waals surface area contributed by atoms with Gasteiger partial charge in [-0.3, -0.25) is 4.79 Å². The Morgan fingerprint density at radius 3 is 2.43 bits per heavy atom. The van der Waals surface area contributed by atoms with E-state index >= 15 is 0 Å². The van der Waals surface area contributed by atoms with Crippen LogP contribution in [0.1, 0.15) is 16.1 Å². The highest BCUT2D eigenvalue weighted by atomic mass is 19.4. The van der Waals surface area contributed by atoms with Crippen molar-refractivity contribution in [1.29, 1.82) is 0 Å². The number of benzene rings is 1. The molecule has 3 aromatic rings. The number of hydrogen-bond acceptors (Lipinski definition) is 5. The Balaban J connectivity index is 1.42. The van der Waals surface area contributed by atoms with Crippen molar-refractivity contribution in [3.63, 3.8) is 0 Å². The number of ether oxygens (including phenoxy) is 1. The molecule has 30 heavy (non-hydrogen) atoms.